The molecule has 142 valence electrons. The van der Waals surface area contributed by atoms with Crippen molar-refractivity contribution in [2.45, 2.75) is 13.1 Å². The van der Waals surface area contributed by atoms with Crippen LogP contribution < -0.4 is 10.9 Å². The number of aromatic nitrogens is 7. The highest BCUT2D eigenvalue weighted by molar-refractivity contribution is 9.10. The van der Waals surface area contributed by atoms with Crippen LogP contribution in [0.15, 0.2) is 52.5 Å². The van der Waals surface area contributed by atoms with Crippen molar-refractivity contribution in [2.75, 3.05) is 0 Å². The molecule has 4 aromatic heterocycles. The zero-order valence-electron chi connectivity index (χ0n) is 14.8. The molecule has 1 N–H and O–H groups in total. The van der Waals surface area contributed by atoms with Crippen molar-refractivity contribution in [3.8, 4) is 5.82 Å². The summed E-state index contributed by atoms with van der Waals surface area (Å²) in [5, 5.41) is 11.3. The first-order valence-corrected chi connectivity index (χ1v) is 9.11. The van der Waals surface area contributed by atoms with E-state index >= 15 is 0 Å². The van der Waals surface area contributed by atoms with Crippen LogP contribution in [0.2, 0.25) is 0 Å². The number of amides is 1. The molecule has 4 aromatic rings. The van der Waals surface area contributed by atoms with Gasteiger partial charge < -0.3 is 5.32 Å². The standard InChI is InChI=1S/C17H15BrN8O2/c1-24-16-14(15(18)23-24)17(28)25(10-21-16)9-13(27)20-8-11-3-4-12(19-7-11)26-6-2-5-22-26/h2-7,10H,8-9H2,1H3,(H,20,27). The summed E-state index contributed by atoms with van der Waals surface area (Å²) < 4.78 is 4.81. The number of halogens is 1. The molecule has 10 nitrogen and oxygen atoms in total. The van der Waals surface area contributed by atoms with Crippen molar-refractivity contribution >= 4 is 32.9 Å². The highest BCUT2D eigenvalue weighted by atomic mass is 79.9. The molecule has 1 amide bonds. The summed E-state index contributed by atoms with van der Waals surface area (Å²) in [7, 11) is 1.70. The van der Waals surface area contributed by atoms with Gasteiger partial charge in [-0.2, -0.15) is 10.2 Å². The van der Waals surface area contributed by atoms with E-state index in [-0.39, 0.29) is 18.0 Å². The van der Waals surface area contributed by atoms with Crippen LogP contribution in [0.5, 0.6) is 0 Å². The van der Waals surface area contributed by atoms with Crippen molar-refractivity contribution in [3.63, 3.8) is 0 Å². The van der Waals surface area contributed by atoms with Crippen molar-refractivity contribution in [2.24, 2.45) is 7.05 Å². The van der Waals surface area contributed by atoms with Crippen LogP contribution in [0, 0.1) is 0 Å². The van der Waals surface area contributed by atoms with Gasteiger partial charge in [0.05, 0.1) is 0 Å². The van der Waals surface area contributed by atoms with Crippen LogP contribution in [0.3, 0.4) is 0 Å². The molecule has 0 saturated heterocycles. The molecule has 4 rings (SSSR count). The van der Waals surface area contributed by atoms with Gasteiger partial charge >= 0.3 is 0 Å². The number of pyridine rings is 1. The minimum Gasteiger partial charge on any atom is -0.350 e. The monoisotopic (exact) mass is 442 g/mol. The van der Waals surface area contributed by atoms with E-state index in [1.165, 1.54) is 15.6 Å². The summed E-state index contributed by atoms with van der Waals surface area (Å²) >= 11 is 3.25. The van der Waals surface area contributed by atoms with E-state index in [2.05, 4.69) is 41.4 Å². The third-order valence-corrected chi connectivity index (χ3v) is 4.68. The summed E-state index contributed by atoms with van der Waals surface area (Å²) in [6.07, 6.45) is 6.49. The summed E-state index contributed by atoms with van der Waals surface area (Å²) in [4.78, 5) is 33.3. The molecule has 0 saturated carbocycles. The number of carbonyl (C=O) groups excluding carboxylic acids is 1. The summed E-state index contributed by atoms with van der Waals surface area (Å²) in [5.74, 6) is 0.382. The van der Waals surface area contributed by atoms with Gasteiger partial charge in [0.1, 0.15) is 22.9 Å². The van der Waals surface area contributed by atoms with E-state index < -0.39 is 0 Å². The maximum atomic E-state index is 12.6. The van der Waals surface area contributed by atoms with E-state index in [1.807, 2.05) is 18.2 Å². The topological polar surface area (TPSA) is 113 Å². The van der Waals surface area contributed by atoms with Gasteiger partial charge in [0.25, 0.3) is 5.56 Å². The Morgan fingerprint density at radius 3 is 2.86 bits per heavy atom. The second-order valence-electron chi connectivity index (χ2n) is 6.04. The first kappa shape index (κ1) is 18.0. The average Bonchev–Trinajstić information content (AvgIpc) is 3.31. The molecule has 28 heavy (non-hydrogen) atoms. The van der Waals surface area contributed by atoms with E-state index in [0.29, 0.717) is 28.0 Å². The first-order chi connectivity index (χ1) is 13.5. The Labute approximate surface area is 167 Å². The van der Waals surface area contributed by atoms with Crippen LogP contribution >= 0.6 is 15.9 Å². The number of fused-ring (bicyclic) bond motifs is 1. The predicted octanol–water partition coefficient (Wildman–Crippen LogP) is 0.790. The highest BCUT2D eigenvalue weighted by Gasteiger charge is 2.15. The average molecular weight is 443 g/mol. The summed E-state index contributed by atoms with van der Waals surface area (Å²) in [6, 6.07) is 5.49. The maximum absolute atomic E-state index is 12.6. The van der Waals surface area contributed by atoms with Gasteiger partial charge in [0.2, 0.25) is 5.91 Å². The number of nitrogens with one attached hydrogen (secondary N) is 1. The number of carbonyl (C=O) groups is 1. The highest BCUT2D eigenvalue weighted by Crippen LogP contribution is 2.16. The van der Waals surface area contributed by atoms with E-state index in [4.69, 9.17) is 0 Å². The van der Waals surface area contributed by atoms with Gasteiger partial charge in [-0.1, -0.05) is 6.07 Å². The van der Waals surface area contributed by atoms with E-state index in [9.17, 15) is 9.59 Å². The Kier molecular flexibility index (Phi) is 4.74. The first-order valence-electron chi connectivity index (χ1n) is 8.32. The van der Waals surface area contributed by atoms with Crippen LogP contribution in [-0.4, -0.2) is 40.0 Å². The lowest BCUT2D eigenvalue weighted by Crippen LogP contribution is -2.32. The molecule has 4 heterocycles. The molecule has 0 atom stereocenters. The quantitative estimate of drug-likeness (QED) is 0.488. The summed E-state index contributed by atoms with van der Waals surface area (Å²) in [6.45, 7) is 0.161. The molecule has 0 unspecified atom stereocenters. The zero-order chi connectivity index (χ0) is 19.7. The van der Waals surface area contributed by atoms with E-state index in [0.717, 1.165) is 5.56 Å². The molecule has 0 aliphatic carbocycles. The Morgan fingerprint density at radius 1 is 1.29 bits per heavy atom. The molecular formula is C17H15BrN8O2. The van der Waals surface area contributed by atoms with Crippen molar-refractivity contribution in [3.05, 3.63) is 63.6 Å². The van der Waals surface area contributed by atoms with Crippen LogP contribution in [0.4, 0.5) is 0 Å². The van der Waals surface area contributed by atoms with Crippen LogP contribution in [0.25, 0.3) is 16.9 Å². The van der Waals surface area contributed by atoms with Crippen molar-refractivity contribution in [1.82, 2.24) is 39.4 Å². The number of rotatable bonds is 5. The molecular weight excluding hydrogens is 428 g/mol. The lowest BCUT2D eigenvalue weighted by atomic mass is 10.3. The fourth-order valence-electron chi connectivity index (χ4n) is 2.72. The van der Waals surface area contributed by atoms with Gasteiger partial charge in [0.15, 0.2) is 11.5 Å². The fourth-order valence-corrected chi connectivity index (χ4v) is 3.31. The number of aryl methyl sites for hydroxylation is 1. The fraction of sp³-hybridized carbons (Fsp3) is 0.176. The second-order valence-corrected chi connectivity index (χ2v) is 6.79. The molecule has 0 aromatic carbocycles. The second kappa shape index (κ2) is 7.35. The summed E-state index contributed by atoms with van der Waals surface area (Å²) in [5.41, 5.74) is 0.961. The molecule has 0 aliphatic rings. The number of hydrogen-bond donors (Lipinski definition) is 1. The van der Waals surface area contributed by atoms with Gasteiger partial charge in [-0.05, 0) is 33.6 Å². The van der Waals surface area contributed by atoms with Gasteiger partial charge in [-0.3, -0.25) is 14.2 Å². The Bertz CT molecular complexity index is 1190. The zero-order valence-corrected chi connectivity index (χ0v) is 16.4. The number of hydrogen-bond acceptors (Lipinski definition) is 6. The normalized spacial score (nSPS) is 11.1. The smallest absolute Gasteiger partial charge is 0.266 e. The Balaban J connectivity index is 1.42. The molecule has 0 bridgehead atoms. The van der Waals surface area contributed by atoms with Gasteiger partial charge in [-0.15, -0.1) is 0 Å². The lowest BCUT2D eigenvalue weighted by molar-refractivity contribution is -0.121. The minimum absolute atomic E-state index is 0.137. The van der Waals surface area contributed by atoms with Gasteiger partial charge in [0, 0.05) is 32.2 Å². The molecule has 0 spiro atoms. The minimum atomic E-state index is -0.328. The number of nitrogens with zero attached hydrogens (tertiary/aromatic N) is 7. The predicted molar refractivity (Wildman–Crippen MR) is 104 cm³/mol. The Hall–Kier alpha value is -3.34. The van der Waals surface area contributed by atoms with Crippen molar-refractivity contribution < 1.29 is 4.79 Å². The molecule has 0 radical (unpaired) electrons. The SMILES string of the molecule is Cn1nc(Br)c2c(=O)n(CC(=O)NCc3ccc(-n4cccn4)nc3)cnc21. The third-order valence-electron chi connectivity index (χ3n) is 4.12. The maximum Gasteiger partial charge on any atom is 0.266 e. The van der Waals surface area contributed by atoms with Gasteiger partial charge in [-0.25, -0.2) is 19.3 Å². The molecule has 11 heteroatoms. The molecule has 0 fully saturated rings. The third kappa shape index (κ3) is 3.43. The van der Waals surface area contributed by atoms with E-state index in [1.54, 1.807) is 30.3 Å². The van der Waals surface area contributed by atoms with Crippen LogP contribution in [-0.2, 0) is 24.9 Å². The van der Waals surface area contributed by atoms with Crippen molar-refractivity contribution in [1.29, 1.82) is 0 Å². The Morgan fingerprint density at radius 2 is 2.14 bits per heavy atom. The molecule has 0 aliphatic heterocycles. The lowest BCUT2D eigenvalue weighted by Gasteiger charge is -2.08. The van der Waals surface area contributed by atoms with Crippen LogP contribution in [0.1, 0.15) is 5.56 Å². The largest absolute Gasteiger partial charge is 0.350 e.